The average Bonchev–Trinajstić information content (AvgIpc) is 2.52. The SMILES string of the molecule is C/C=C(\NNC(=S)Nc1ccc(C)cc1C)c1ccc(F)cc1. The molecule has 2 rings (SSSR count). The van der Waals surface area contributed by atoms with Crippen LogP contribution < -0.4 is 16.2 Å². The predicted octanol–water partition coefficient (Wildman–Crippen LogP) is 4.29. The summed E-state index contributed by atoms with van der Waals surface area (Å²) in [5, 5.41) is 3.60. The lowest BCUT2D eigenvalue weighted by molar-refractivity contribution is 0.627. The predicted molar refractivity (Wildman–Crippen MR) is 98.5 cm³/mol. The molecular weight excluding hydrogens is 309 g/mol. The Balaban J connectivity index is 1.96. The van der Waals surface area contributed by atoms with E-state index in [0.29, 0.717) is 5.11 Å². The Labute approximate surface area is 141 Å². The fourth-order valence-corrected chi connectivity index (χ4v) is 2.33. The monoisotopic (exact) mass is 329 g/mol. The van der Waals surface area contributed by atoms with Crippen LogP contribution in [0, 0.1) is 19.7 Å². The number of rotatable bonds is 4. The zero-order valence-electron chi connectivity index (χ0n) is 13.4. The van der Waals surface area contributed by atoms with Crippen LogP contribution in [0.1, 0.15) is 23.6 Å². The molecule has 0 unspecified atom stereocenters. The standard InChI is InChI=1S/C18H20FN3S/c1-4-16(14-6-8-15(19)9-7-14)21-22-18(23)20-17-10-5-12(2)11-13(17)3/h4-11,21H,1-3H3,(H2,20,22,23)/b16-4-. The van der Waals surface area contributed by atoms with Crippen molar-refractivity contribution < 1.29 is 4.39 Å². The van der Waals surface area contributed by atoms with Crippen LogP contribution in [-0.2, 0) is 0 Å². The third-order valence-corrected chi connectivity index (χ3v) is 3.59. The van der Waals surface area contributed by atoms with E-state index < -0.39 is 0 Å². The first-order valence-electron chi connectivity index (χ1n) is 7.32. The normalized spacial score (nSPS) is 11.0. The fourth-order valence-electron chi connectivity index (χ4n) is 2.17. The van der Waals surface area contributed by atoms with Crippen molar-refractivity contribution >= 4 is 28.7 Å². The second-order valence-electron chi connectivity index (χ2n) is 5.23. The highest BCUT2D eigenvalue weighted by molar-refractivity contribution is 7.80. The second-order valence-corrected chi connectivity index (χ2v) is 5.64. The number of allylic oxidation sites excluding steroid dienone is 1. The van der Waals surface area contributed by atoms with E-state index in [1.807, 2.05) is 32.1 Å². The summed E-state index contributed by atoms with van der Waals surface area (Å²) in [6, 6.07) is 12.4. The van der Waals surface area contributed by atoms with Crippen LogP contribution in [0.3, 0.4) is 0 Å². The minimum absolute atomic E-state index is 0.260. The van der Waals surface area contributed by atoms with E-state index >= 15 is 0 Å². The van der Waals surface area contributed by atoms with Gasteiger partial charge in [0.25, 0.3) is 0 Å². The molecule has 5 heteroatoms. The van der Waals surface area contributed by atoms with Gasteiger partial charge in [-0.1, -0.05) is 23.8 Å². The molecule has 0 amide bonds. The molecule has 0 aliphatic rings. The van der Waals surface area contributed by atoms with Crippen molar-refractivity contribution in [3.8, 4) is 0 Å². The zero-order chi connectivity index (χ0) is 16.8. The molecule has 120 valence electrons. The molecule has 0 aliphatic heterocycles. The summed E-state index contributed by atoms with van der Waals surface area (Å²) in [7, 11) is 0. The molecule has 0 heterocycles. The number of hydrogen-bond donors (Lipinski definition) is 3. The van der Waals surface area contributed by atoms with Crippen LogP contribution in [0.5, 0.6) is 0 Å². The van der Waals surface area contributed by atoms with E-state index in [1.54, 1.807) is 12.1 Å². The maximum atomic E-state index is 13.0. The van der Waals surface area contributed by atoms with Gasteiger partial charge in [0, 0.05) is 5.69 Å². The van der Waals surface area contributed by atoms with Crippen LogP contribution in [0.4, 0.5) is 10.1 Å². The maximum Gasteiger partial charge on any atom is 0.189 e. The molecule has 0 radical (unpaired) electrons. The Morgan fingerprint density at radius 1 is 1.04 bits per heavy atom. The van der Waals surface area contributed by atoms with Crippen LogP contribution in [0.15, 0.2) is 48.5 Å². The molecule has 0 bridgehead atoms. The van der Waals surface area contributed by atoms with Gasteiger partial charge < -0.3 is 5.32 Å². The minimum Gasteiger partial charge on any atom is -0.331 e. The highest BCUT2D eigenvalue weighted by Crippen LogP contribution is 2.16. The summed E-state index contributed by atoms with van der Waals surface area (Å²) in [6.07, 6.45) is 1.89. The second kappa shape index (κ2) is 7.74. The molecule has 0 atom stereocenters. The molecule has 0 saturated heterocycles. The molecular formula is C18H20FN3S. The lowest BCUT2D eigenvalue weighted by atomic mass is 10.1. The lowest BCUT2D eigenvalue weighted by Gasteiger charge is -2.16. The summed E-state index contributed by atoms with van der Waals surface area (Å²) < 4.78 is 13.0. The van der Waals surface area contributed by atoms with Gasteiger partial charge in [-0.3, -0.25) is 10.9 Å². The number of nitrogens with one attached hydrogen (secondary N) is 3. The lowest BCUT2D eigenvalue weighted by Crippen LogP contribution is -2.39. The van der Waals surface area contributed by atoms with Crippen LogP contribution in [0.2, 0.25) is 0 Å². The van der Waals surface area contributed by atoms with Gasteiger partial charge in [0.15, 0.2) is 5.11 Å². The molecule has 0 fully saturated rings. The third-order valence-electron chi connectivity index (χ3n) is 3.38. The van der Waals surface area contributed by atoms with Crippen LogP contribution in [-0.4, -0.2) is 5.11 Å². The zero-order valence-corrected chi connectivity index (χ0v) is 14.2. The van der Waals surface area contributed by atoms with Gasteiger partial charge in [-0.25, -0.2) is 4.39 Å². The molecule has 3 nitrogen and oxygen atoms in total. The first kappa shape index (κ1) is 17.0. The Morgan fingerprint density at radius 2 is 1.74 bits per heavy atom. The maximum absolute atomic E-state index is 13.0. The largest absolute Gasteiger partial charge is 0.331 e. The minimum atomic E-state index is -0.260. The van der Waals surface area contributed by atoms with Gasteiger partial charge in [-0.05, 0) is 74.4 Å². The molecule has 0 saturated carbocycles. The molecule has 0 aliphatic carbocycles. The van der Waals surface area contributed by atoms with Crippen molar-refractivity contribution in [3.63, 3.8) is 0 Å². The molecule has 2 aromatic carbocycles. The van der Waals surface area contributed by atoms with Crippen LogP contribution >= 0.6 is 12.2 Å². The Morgan fingerprint density at radius 3 is 2.35 bits per heavy atom. The summed E-state index contributed by atoms with van der Waals surface area (Å²) >= 11 is 5.29. The highest BCUT2D eigenvalue weighted by atomic mass is 32.1. The molecule has 0 spiro atoms. The number of hydrogen-bond acceptors (Lipinski definition) is 2. The fraction of sp³-hybridized carbons (Fsp3) is 0.167. The number of aryl methyl sites for hydroxylation is 2. The number of halogens is 1. The van der Waals surface area contributed by atoms with Crippen molar-refractivity contribution in [2.24, 2.45) is 0 Å². The third kappa shape index (κ3) is 4.79. The van der Waals surface area contributed by atoms with E-state index in [4.69, 9.17) is 12.2 Å². The van der Waals surface area contributed by atoms with Gasteiger partial charge in [0.1, 0.15) is 5.82 Å². The number of anilines is 1. The number of hydrazine groups is 1. The Kier molecular flexibility index (Phi) is 5.71. The number of benzene rings is 2. The molecule has 2 aromatic rings. The summed E-state index contributed by atoms with van der Waals surface area (Å²) in [6.45, 7) is 5.98. The summed E-state index contributed by atoms with van der Waals surface area (Å²) in [5.41, 5.74) is 11.0. The molecule has 0 aromatic heterocycles. The molecule has 3 N–H and O–H groups in total. The molecule has 23 heavy (non-hydrogen) atoms. The Hall–Kier alpha value is -2.40. The van der Waals surface area contributed by atoms with Crippen molar-refractivity contribution in [3.05, 3.63) is 71.0 Å². The van der Waals surface area contributed by atoms with E-state index in [2.05, 4.69) is 29.2 Å². The highest BCUT2D eigenvalue weighted by Gasteiger charge is 2.04. The van der Waals surface area contributed by atoms with E-state index in [1.165, 1.54) is 17.7 Å². The van der Waals surface area contributed by atoms with E-state index in [9.17, 15) is 4.39 Å². The Bertz CT molecular complexity index is 724. The van der Waals surface area contributed by atoms with Gasteiger partial charge >= 0.3 is 0 Å². The van der Waals surface area contributed by atoms with Gasteiger partial charge in [-0.15, -0.1) is 0 Å². The van der Waals surface area contributed by atoms with Crippen molar-refractivity contribution in [2.75, 3.05) is 5.32 Å². The van der Waals surface area contributed by atoms with Crippen molar-refractivity contribution in [1.29, 1.82) is 0 Å². The van der Waals surface area contributed by atoms with E-state index in [0.717, 1.165) is 22.5 Å². The quantitative estimate of drug-likeness (QED) is 0.577. The average molecular weight is 329 g/mol. The summed E-state index contributed by atoms with van der Waals surface area (Å²) in [4.78, 5) is 0. The van der Waals surface area contributed by atoms with Gasteiger partial charge in [0.2, 0.25) is 0 Å². The van der Waals surface area contributed by atoms with E-state index in [-0.39, 0.29) is 5.82 Å². The first-order valence-corrected chi connectivity index (χ1v) is 7.73. The van der Waals surface area contributed by atoms with Gasteiger partial charge in [-0.2, -0.15) is 0 Å². The number of thiocarbonyl (C=S) groups is 1. The first-order chi connectivity index (χ1) is 11.0. The van der Waals surface area contributed by atoms with Crippen LogP contribution in [0.25, 0.3) is 5.70 Å². The smallest absolute Gasteiger partial charge is 0.189 e. The van der Waals surface area contributed by atoms with Gasteiger partial charge in [0.05, 0.1) is 5.70 Å². The van der Waals surface area contributed by atoms with Crippen molar-refractivity contribution in [1.82, 2.24) is 10.9 Å². The van der Waals surface area contributed by atoms with Crippen molar-refractivity contribution in [2.45, 2.75) is 20.8 Å². The topological polar surface area (TPSA) is 36.1 Å². The summed E-state index contributed by atoms with van der Waals surface area (Å²) in [5.74, 6) is -0.260.